The van der Waals surface area contributed by atoms with E-state index in [9.17, 15) is 4.79 Å². The highest BCUT2D eigenvalue weighted by Crippen LogP contribution is 2.29. The first kappa shape index (κ1) is 14.6. The molecule has 104 valence electrons. The molecule has 0 aromatic heterocycles. The zero-order valence-electron chi connectivity index (χ0n) is 11.5. The van der Waals surface area contributed by atoms with Gasteiger partial charge in [-0.15, -0.1) is 0 Å². The SMILES string of the molecule is Cc1cccc(CC(=O)NC2(CBr)CCCCC2)c1. The molecular formula is C16H22BrNO. The summed E-state index contributed by atoms with van der Waals surface area (Å²) in [6.07, 6.45) is 6.40. The van der Waals surface area contributed by atoms with Gasteiger partial charge < -0.3 is 5.32 Å². The predicted octanol–water partition coefficient (Wildman–Crippen LogP) is 3.75. The number of carbonyl (C=O) groups excluding carboxylic acids is 1. The second-order valence-corrected chi connectivity index (χ2v) is 6.25. The van der Waals surface area contributed by atoms with E-state index >= 15 is 0 Å². The number of benzene rings is 1. The molecule has 0 saturated heterocycles. The minimum atomic E-state index is -0.0147. The summed E-state index contributed by atoms with van der Waals surface area (Å²) in [5, 5.41) is 4.12. The Labute approximate surface area is 124 Å². The van der Waals surface area contributed by atoms with Gasteiger partial charge in [0.25, 0.3) is 0 Å². The summed E-state index contributed by atoms with van der Waals surface area (Å²) in [6.45, 7) is 2.06. The number of nitrogens with one attached hydrogen (secondary N) is 1. The summed E-state index contributed by atoms with van der Waals surface area (Å²) in [7, 11) is 0. The second kappa shape index (κ2) is 6.56. The fourth-order valence-corrected chi connectivity index (χ4v) is 3.57. The summed E-state index contributed by atoms with van der Waals surface area (Å²) < 4.78 is 0. The van der Waals surface area contributed by atoms with Gasteiger partial charge in [-0.05, 0) is 25.3 Å². The molecule has 2 rings (SSSR count). The first-order valence-corrected chi connectivity index (χ1v) is 8.18. The van der Waals surface area contributed by atoms with Gasteiger partial charge in [0.1, 0.15) is 0 Å². The Bertz CT molecular complexity index is 438. The van der Waals surface area contributed by atoms with E-state index in [-0.39, 0.29) is 11.4 Å². The average molecular weight is 324 g/mol. The molecule has 1 aliphatic carbocycles. The first-order valence-electron chi connectivity index (χ1n) is 7.06. The number of rotatable bonds is 4. The molecule has 0 heterocycles. The Morgan fingerprint density at radius 3 is 2.68 bits per heavy atom. The molecule has 1 aliphatic rings. The van der Waals surface area contributed by atoms with Gasteiger partial charge in [0.05, 0.1) is 6.42 Å². The third-order valence-electron chi connectivity index (χ3n) is 3.92. The molecule has 0 aliphatic heterocycles. The second-order valence-electron chi connectivity index (χ2n) is 5.69. The normalized spacial score (nSPS) is 18.0. The van der Waals surface area contributed by atoms with Crippen LogP contribution < -0.4 is 5.32 Å². The van der Waals surface area contributed by atoms with Crippen LogP contribution in [0.1, 0.15) is 43.2 Å². The zero-order chi connectivity index (χ0) is 13.7. The average Bonchev–Trinajstić information content (AvgIpc) is 2.39. The molecule has 1 fully saturated rings. The lowest BCUT2D eigenvalue weighted by atomic mass is 9.83. The molecule has 3 heteroatoms. The first-order chi connectivity index (χ1) is 9.13. The van der Waals surface area contributed by atoms with Crippen LogP contribution in [0.3, 0.4) is 0 Å². The standard InChI is InChI=1S/C16H22BrNO/c1-13-6-5-7-14(10-13)11-15(19)18-16(12-17)8-3-2-4-9-16/h5-7,10H,2-4,8-9,11-12H2,1H3,(H,18,19). The van der Waals surface area contributed by atoms with Crippen LogP contribution in [0, 0.1) is 6.92 Å². The van der Waals surface area contributed by atoms with Crippen LogP contribution >= 0.6 is 15.9 Å². The van der Waals surface area contributed by atoms with Crippen molar-refractivity contribution < 1.29 is 4.79 Å². The highest BCUT2D eigenvalue weighted by Gasteiger charge is 2.32. The van der Waals surface area contributed by atoms with Crippen molar-refractivity contribution >= 4 is 21.8 Å². The maximum absolute atomic E-state index is 12.2. The molecule has 0 unspecified atom stereocenters. The number of alkyl halides is 1. The number of halogens is 1. The number of aryl methyl sites for hydroxylation is 1. The lowest BCUT2D eigenvalue weighted by molar-refractivity contribution is -0.122. The fourth-order valence-electron chi connectivity index (χ4n) is 2.87. The van der Waals surface area contributed by atoms with Crippen molar-refractivity contribution in [3.05, 3.63) is 35.4 Å². The molecule has 2 nitrogen and oxygen atoms in total. The van der Waals surface area contributed by atoms with E-state index in [2.05, 4.69) is 40.3 Å². The van der Waals surface area contributed by atoms with Gasteiger partial charge in [-0.3, -0.25) is 4.79 Å². The summed E-state index contributed by atoms with van der Waals surface area (Å²) in [4.78, 5) is 12.2. The third-order valence-corrected chi connectivity index (χ3v) is 4.99. The van der Waals surface area contributed by atoms with Crippen molar-refractivity contribution in [2.75, 3.05) is 5.33 Å². The summed E-state index contributed by atoms with van der Waals surface area (Å²) in [5.41, 5.74) is 2.29. The highest BCUT2D eigenvalue weighted by molar-refractivity contribution is 9.09. The maximum atomic E-state index is 12.2. The number of hydrogen-bond donors (Lipinski definition) is 1. The van der Waals surface area contributed by atoms with Crippen molar-refractivity contribution in [2.45, 2.75) is 51.0 Å². The van der Waals surface area contributed by atoms with Gasteiger partial charge in [0.2, 0.25) is 5.91 Å². The van der Waals surface area contributed by atoms with E-state index in [0.717, 1.165) is 23.7 Å². The van der Waals surface area contributed by atoms with Crippen LogP contribution in [0.2, 0.25) is 0 Å². The maximum Gasteiger partial charge on any atom is 0.224 e. The molecule has 0 spiro atoms. The fraction of sp³-hybridized carbons (Fsp3) is 0.562. The molecule has 1 aromatic carbocycles. The lowest BCUT2D eigenvalue weighted by Crippen LogP contribution is -2.51. The van der Waals surface area contributed by atoms with Gasteiger partial charge in [-0.2, -0.15) is 0 Å². The van der Waals surface area contributed by atoms with Crippen LogP contribution in [-0.4, -0.2) is 16.8 Å². The van der Waals surface area contributed by atoms with E-state index in [1.54, 1.807) is 0 Å². The predicted molar refractivity (Wildman–Crippen MR) is 82.6 cm³/mol. The largest absolute Gasteiger partial charge is 0.350 e. The van der Waals surface area contributed by atoms with Gasteiger partial charge in [0.15, 0.2) is 0 Å². The van der Waals surface area contributed by atoms with Crippen LogP contribution in [0.15, 0.2) is 24.3 Å². The Kier molecular flexibility index (Phi) is 5.03. The van der Waals surface area contributed by atoms with Gasteiger partial charge in [-0.1, -0.05) is 65.0 Å². The summed E-state index contributed by atoms with van der Waals surface area (Å²) >= 11 is 3.58. The van der Waals surface area contributed by atoms with Gasteiger partial charge in [0, 0.05) is 10.9 Å². The summed E-state index contributed by atoms with van der Waals surface area (Å²) in [6, 6.07) is 8.18. The lowest BCUT2D eigenvalue weighted by Gasteiger charge is -2.36. The van der Waals surface area contributed by atoms with Gasteiger partial charge >= 0.3 is 0 Å². The molecule has 19 heavy (non-hydrogen) atoms. The van der Waals surface area contributed by atoms with E-state index in [1.165, 1.54) is 24.8 Å². The monoisotopic (exact) mass is 323 g/mol. The minimum Gasteiger partial charge on any atom is -0.350 e. The Morgan fingerprint density at radius 1 is 1.32 bits per heavy atom. The zero-order valence-corrected chi connectivity index (χ0v) is 13.1. The Morgan fingerprint density at radius 2 is 2.05 bits per heavy atom. The van der Waals surface area contributed by atoms with E-state index in [4.69, 9.17) is 0 Å². The van der Waals surface area contributed by atoms with Crippen LogP contribution in [0.4, 0.5) is 0 Å². The van der Waals surface area contributed by atoms with Gasteiger partial charge in [-0.25, -0.2) is 0 Å². The Balaban J connectivity index is 1.96. The number of carbonyl (C=O) groups is 1. The van der Waals surface area contributed by atoms with Crippen molar-refractivity contribution in [3.8, 4) is 0 Å². The Hall–Kier alpha value is -0.830. The van der Waals surface area contributed by atoms with Crippen LogP contribution in [0.5, 0.6) is 0 Å². The van der Waals surface area contributed by atoms with Crippen molar-refractivity contribution in [1.29, 1.82) is 0 Å². The van der Waals surface area contributed by atoms with Crippen molar-refractivity contribution in [2.24, 2.45) is 0 Å². The molecule has 0 bridgehead atoms. The summed E-state index contributed by atoms with van der Waals surface area (Å²) in [5.74, 6) is 0.145. The molecule has 1 aromatic rings. The van der Waals surface area contributed by atoms with E-state index < -0.39 is 0 Å². The topological polar surface area (TPSA) is 29.1 Å². The van der Waals surface area contributed by atoms with Crippen molar-refractivity contribution in [3.63, 3.8) is 0 Å². The van der Waals surface area contributed by atoms with Crippen LogP contribution in [0.25, 0.3) is 0 Å². The molecule has 0 radical (unpaired) electrons. The number of amides is 1. The molecule has 1 saturated carbocycles. The van der Waals surface area contributed by atoms with E-state index in [1.807, 2.05) is 12.1 Å². The molecule has 1 N–H and O–H groups in total. The quantitative estimate of drug-likeness (QED) is 0.840. The van der Waals surface area contributed by atoms with Crippen molar-refractivity contribution in [1.82, 2.24) is 5.32 Å². The number of hydrogen-bond acceptors (Lipinski definition) is 1. The minimum absolute atomic E-state index is 0.0147. The third kappa shape index (κ3) is 4.07. The molecule has 0 atom stereocenters. The highest BCUT2D eigenvalue weighted by atomic mass is 79.9. The van der Waals surface area contributed by atoms with Crippen LogP contribution in [-0.2, 0) is 11.2 Å². The molecule has 1 amide bonds. The molecular weight excluding hydrogens is 302 g/mol. The smallest absolute Gasteiger partial charge is 0.224 e. The van der Waals surface area contributed by atoms with E-state index in [0.29, 0.717) is 6.42 Å².